The first kappa shape index (κ1) is 13.8. The number of hydrogen-bond acceptors (Lipinski definition) is 3. The number of nitrogens with one attached hydrogen (secondary N) is 1. The second-order valence-electron chi connectivity index (χ2n) is 5.10. The van der Waals surface area contributed by atoms with E-state index in [0.717, 1.165) is 42.8 Å². The molecule has 0 saturated carbocycles. The minimum absolute atomic E-state index is 0.706. The summed E-state index contributed by atoms with van der Waals surface area (Å²) in [6, 6.07) is 10.2. The van der Waals surface area contributed by atoms with Crippen LogP contribution in [0.3, 0.4) is 0 Å². The van der Waals surface area contributed by atoms with Crippen molar-refractivity contribution in [3.8, 4) is 0 Å². The van der Waals surface area contributed by atoms with Crippen molar-refractivity contribution in [2.45, 2.75) is 20.3 Å². The third-order valence-corrected chi connectivity index (χ3v) is 3.05. The van der Waals surface area contributed by atoms with Crippen molar-refractivity contribution < 1.29 is 4.74 Å². The molecule has 1 aromatic heterocycles. The van der Waals surface area contributed by atoms with Crippen molar-refractivity contribution in [1.82, 2.24) is 4.98 Å². The van der Waals surface area contributed by atoms with Crippen LogP contribution >= 0.6 is 0 Å². The van der Waals surface area contributed by atoms with Gasteiger partial charge in [0, 0.05) is 30.4 Å². The predicted octanol–water partition coefficient (Wildman–Crippen LogP) is 3.71. The summed E-state index contributed by atoms with van der Waals surface area (Å²) in [5.74, 6) is 0.706. The van der Waals surface area contributed by atoms with Gasteiger partial charge in [0.2, 0.25) is 0 Å². The Morgan fingerprint density at radius 1 is 1.16 bits per heavy atom. The topological polar surface area (TPSA) is 34.1 Å². The van der Waals surface area contributed by atoms with E-state index in [2.05, 4.69) is 30.2 Å². The molecule has 0 aliphatic carbocycles. The molecule has 0 amide bonds. The van der Waals surface area contributed by atoms with E-state index in [-0.39, 0.29) is 0 Å². The predicted molar refractivity (Wildman–Crippen MR) is 80.5 cm³/mol. The summed E-state index contributed by atoms with van der Waals surface area (Å²) in [5.41, 5.74) is 2.14. The molecule has 3 nitrogen and oxygen atoms in total. The lowest BCUT2D eigenvalue weighted by atomic mass is 10.1. The maximum atomic E-state index is 5.60. The zero-order valence-corrected chi connectivity index (χ0v) is 11.7. The lowest BCUT2D eigenvalue weighted by Gasteiger charge is -2.10. The highest BCUT2D eigenvalue weighted by molar-refractivity contribution is 5.90. The molecule has 0 radical (unpaired) electrons. The van der Waals surface area contributed by atoms with Crippen LogP contribution in [-0.4, -0.2) is 24.7 Å². The first-order valence-electron chi connectivity index (χ1n) is 6.93. The molecule has 0 aliphatic rings. The Morgan fingerprint density at radius 2 is 2.00 bits per heavy atom. The Labute approximate surface area is 115 Å². The van der Waals surface area contributed by atoms with E-state index < -0.39 is 0 Å². The number of anilines is 1. The van der Waals surface area contributed by atoms with Gasteiger partial charge >= 0.3 is 0 Å². The van der Waals surface area contributed by atoms with Crippen LogP contribution in [0.1, 0.15) is 20.3 Å². The van der Waals surface area contributed by atoms with Crippen LogP contribution in [0.25, 0.3) is 10.9 Å². The summed E-state index contributed by atoms with van der Waals surface area (Å²) in [6.45, 7) is 6.83. The van der Waals surface area contributed by atoms with Gasteiger partial charge in [0.05, 0.1) is 12.1 Å². The van der Waals surface area contributed by atoms with Gasteiger partial charge in [-0.1, -0.05) is 32.0 Å². The molecule has 0 aliphatic heterocycles. The van der Waals surface area contributed by atoms with Gasteiger partial charge in [-0.15, -0.1) is 0 Å². The summed E-state index contributed by atoms with van der Waals surface area (Å²) in [7, 11) is 0. The summed E-state index contributed by atoms with van der Waals surface area (Å²) < 4.78 is 5.60. The van der Waals surface area contributed by atoms with Gasteiger partial charge < -0.3 is 10.1 Å². The largest absolute Gasteiger partial charge is 0.382 e. The minimum atomic E-state index is 0.706. The van der Waals surface area contributed by atoms with Crippen molar-refractivity contribution in [2.24, 2.45) is 5.92 Å². The van der Waals surface area contributed by atoms with Gasteiger partial charge in [-0.05, 0) is 24.5 Å². The smallest absolute Gasteiger partial charge is 0.0722 e. The molecule has 1 heterocycles. The summed E-state index contributed by atoms with van der Waals surface area (Å²) in [5, 5.41) is 4.57. The molecule has 3 heteroatoms. The van der Waals surface area contributed by atoms with Gasteiger partial charge in [0.15, 0.2) is 0 Å². The molecule has 2 rings (SSSR count). The average molecular weight is 258 g/mol. The third-order valence-electron chi connectivity index (χ3n) is 3.05. The molecule has 0 bridgehead atoms. The fourth-order valence-electron chi connectivity index (χ4n) is 1.93. The van der Waals surface area contributed by atoms with E-state index in [1.54, 1.807) is 0 Å². The number of ether oxygens (including phenoxy) is 1. The Balaban J connectivity index is 1.82. The highest BCUT2D eigenvalue weighted by Gasteiger charge is 2.00. The second-order valence-corrected chi connectivity index (χ2v) is 5.10. The van der Waals surface area contributed by atoms with Crippen LogP contribution < -0.4 is 5.32 Å². The molecule has 1 aromatic carbocycles. The van der Waals surface area contributed by atoms with Gasteiger partial charge in [0.25, 0.3) is 0 Å². The maximum Gasteiger partial charge on any atom is 0.0722 e. The maximum absolute atomic E-state index is 5.60. The number of pyridine rings is 1. The monoisotopic (exact) mass is 258 g/mol. The molecule has 1 N–H and O–H groups in total. The second kappa shape index (κ2) is 7.10. The fourth-order valence-corrected chi connectivity index (χ4v) is 1.93. The molecular weight excluding hydrogens is 236 g/mol. The number of benzene rings is 1. The highest BCUT2D eigenvalue weighted by Crippen LogP contribution is 2.20. The van der Waals surface area contributed by atoms with E-state index in [0.29, 0.717) is 5.92 Å². The van der Waals surface area contributed by atoms with Gasteiger partial charge in [-0.3, -0.25) is 4.98 Å². The van der Waals surface area contributed by atoms with Crippen molar-refractivity contribution >= 4 is 16.6 Å². The van der Waals surface area contributed by atoms with Crippen LogP contribution in [0, 0.1) is 5.92 Å². The molecule has 0 saturated heterocycles. The quantitative estimate of drug-likeness (QED) is 0.769. The van der Waals surface area contributed by atoms with E-state index >= 15 is 0 Å². The van der Waals surface area contributed by atoms with Crippen LogP contribution in [0.4, 0.5) is 5.69 Å². The van der Waals surface area contributed by atoms with Crippen molar-refractivity contribution in [1.29, 1.82) is 0 Å². The lowest BCUT2D eigenvalue weighted by molar-refractivity contribution is 0.133. The molecule has 0 atom stereocenters. The highest BCUT2D eigenvalue weighted by atomic mass is 16.5. The fraction of sp³-hybridized carbons (Fsp3) is 0.438. The zero-order valence-electron chi connectivity index (χ0n) is 11.7. The first-order chi connectivity index (χ1) is 9.27. The van der Waals surface area contributed by atoms with Crippen LogP contribution in [-0.2, 0) is 4.74 Å². The third kappa shape index (κ3) is 4.21. The SMILES string of the molecule is CC(C)CCOCCNc1ccnc2ccccc12. The molecule has 0 fully saturated rings. The molecule has 0 unspecified atom stereocenters. The Bertz CT molecular complexity index is 506. The van der Waals surface area contributed by atoms with E-state index in [1.807, 2.05) is 30.5 Å². The van der Waals surface area contributed by atoms with Gasteiger partial charge in [-0.25, -0.2) is 0 Å². The molecule has 102 valence electrons. The van der Waals surface area contributed by atoms with Gasteiger partial charge in [-0.2, -0.15) is 0 Å². The first-order valence-corrected chi connectivity index (χ1v) is 6.93. The summed E-state index contributed by atoms with van der Waals surface area (Å²) in [6.07, 6.45) is 2.96. The number of fused-ring (bicyclic) bond motifs is 1. The average Bonchev–Trinajstić information content (AvgIpc) is 2.42. The number of nitrogens with zero attached hydrogens (tertiary/aromatic N) is 1. The minimum Gasteiger partial charge on any atom is -0.382 e. The van der Waals surface area contributed by atoms with E-state index in [1.165, 1.54) is 0 Å². The summed E-state index contributed by atoms with van der Waals surface area (Å²) in [4.78, 5) is 4.35. The van der Waals surface area contributed by atoms with Crippen LogP contribution in [0.2, 0.25) is 0 Å². The van der Waals surface area contributed by atoms with Crippen molar-refractivity contribution in [2.75, 3.05) is 25.1 Å². The molecule has 2 aromatic rings. The van der Waals surface area contributed by atoms with Crippen molar-refractivity contribution in [3.63, 3.8) is 0 Å². The Kier molecular flexibility index (Phi) is 5.16. The van der Waals surface area contributed by atoms with Crippen LogP contribution in [0.5, 0.6) is 0 Å². The zero-order chi connectivity index (χ0) is 13.5. The number of hydrogen-bond donors (Lipinski definition) is 1. The standard InChI is InChI=1S/C16H22N2O/c1-13(2)8-11-19-12-10-18-16-7-9-17-15-6-4-3-5-14(15)16/h3-7,9,13H,8,10-12H2,1-2H3,(H,17,18). The Morgan fingerprint density at radius 3 is 2.84 bits per heavy atom. The number of para-hydroxylation sites is 1. The number of aromatic nitrogens is 1. The molecular formula is C16H22N2O. The molecule has 0 spiro atoms. The van der Waals surface area contributed by atoms with E-state index in [4.69, 9.17) is 4.74 Å². The number of rotatable bonds is 7. The van der Waals surface area contributed by atoms with E-state index in [9.17, 15) is 0 Å². The van der Waals surface area contributed by atoms with Gasteiger partial charge in [0.1, 0.15) is 0 Å². The lowest BCUT2D eigenvalue weighted by Crippen LogP contribution is -2.11. The Hall–Kier alpha value is -1.61. The normalized spacial score (nSPS) is 11.1. The summed E-state index contributed by atoms with van der Waals surface area (Å²) >= 11 is 0. The molecule has 19 heavy (non-hydrogen) atoms. The van der Waals surface area contributed by atoms with Crippen molar-refractivity contribution in [3.05, 3.63) is 36.5 Å². The van der Waals surface area contributed by atoms with Crippen LogP contribution in [0.15, 0.2) is 36.5 Å².